The fraction of sp³-hybridized carbons (Fsp3) is 0.500. The maximum Gasteiger partial charge on any atom is 2.00 e. The predicted molar refractivity (Wildman–Crippen MR) is 64.8 cm³/mol. The van der Waals surface area contributed by atoms with E-state index in [1.807, 2.05) is 0 Å². The van der Waals surface area contributed by atoms with Crippen LogP contribution in [0.2, 0.25) is 0 Å². The molecule has 0 saturated carbocycles. The summed E-state index contributed by atoms with van der Waals surface area (Å²) in [5.41, 5.74) is 0. The molecular weight excluding hydrogens is 587 g/mol. The van der Waals surface area contributed by atoms with E-state index in [4.69, 9.17) is 98.5 Å². The largest absolute Gasteiger partial charge is 2.00 e. The average Bonchev–Trinajstić information content (AvgIpc) is 2.19. The Kier molecular flexibility index (Phi) is 60.7. The van der Waals surface area contributed by atoms with Crippen LogP contribution in [0.15, 0.2) is 0 Å². The van der Waals surface area contributed by atoms with Gasteiger partial charge in [-0.2, -0.15) is 31.0 Å². The van der Waals surface area contributed by atoms with Crippen molar-refractivity contribution in [1.82, 2.24) is 0 Å². The second-order valence-corrected chi connectivity index (χ2v) is 5.03. The SMILES string of the molecule is ClC[C-](Cl)Cl.ClC[C-](Cl)Cl.O=P([O-])([O-])[O-].[Cl][Zn+].[Zn+2].[Zn+2]. The van der Waals surface area contributed by atoms with Crippen molar-refractivity contribution in [3.05, 3.63) is 9.67 Å². The number of hydrogen-bond donors (Lipinski definition) is 0. The maximum atomic E-state index is 8.55. The second-order valence-electron chi connectivity index (χ2n) is 1.39. The molecule has 0 aromatic carbocycles. The first-order valence-corrected chi connectivity index (χ1v) is 10.9. The van der Waals surface area contributed by atoms with Gasteiger partial charge in [0, 0.05) is 0 Å². The van der Waals surface area contributed by atoms with Gasteiger partial charge in [0.15, 0.2) is 0 Å². The molecule has 0 bridgehead atoms. The van der Waals surface area contributed by atoms with Crippen LogP contribution in [0.1, 0.15) is 0 Å². The normalized spacial score (nSPS) is 8.53. The Bertz CT molecular complexity index is 158. The van der Waals surface area contributed by atoms with Gasteiger partial charge in [-0.05, 0) is 0 Å². The molecule has 0 amide bonds. The zero-order valence-corrected chi connectivity index (χ0v) is 24.3. The van der Waals surface area contributed by atoms with Crippen LogP contribution in [0.25, 0.3) is 0 Å². The predicted octanol–water partition coefficient (Wildman–Crippen LogP) is 2.24. The summed E-state index contributed by atoms with van der Waals surface area (Å²) in [7, 11) is -0.625. The Hall–Kier alpha value is 4.01. The summed E-state index contributed by atoms with van der Waals surface area (Å²) in [6.45, 7) is 0. The first-order chi connectivity index (χ1) is 7.54. The third kappa shape index (κ3) is 137. The van der Waals surface area contributed by atoms with Gasteiger partial charge >= 0.3 is 66.0 Å². The Morgan fingerprint density at radius 1 is 0.842 bits per heavy atom. The van der Waals surface area contributed by atoms with Gasteiger partial charge in [0.1, 0.15) is 0 Å². The van der Waals surface area contributed by atoms with Gasteiger partial charge < -0.3 is 65.6 Å². The minimum absolute atomic E-state index is 0. The minimum Gasteiger partial charge on any atom is 2.00 e. The van der Waals surface area contributed by atoms with E-state index in [9.17, 15) is 0 Å². The number of halogens is 7. The van der Waals surface area contributed by atoms with Gasteiger partial charge in [-0.15, -0.1) is 9.67 Å². The van der Waals surface area contributed by atoms with Crippen molar-refractivity contribution in [2.24, 2.45) is 0 Å². The van der Waals surface area contributed by atoms with Crippen LogP contribution in [-0.4, -0.2) is 11.8 Å². The molecule has 0 N–H and O–H groups in total. The van der Waals surface area contributed by atoms with Crippen molar-refractivity contribution in [2.75, 3.05) is 11.8 Å². The van der Waals surface area contributed by atoms with Crippen LogP contribution in [0.5, 0.6) is 0 Å². The number of phosphoric acid groups is 1. The zero-order valence-electron chi connectivity index (χ0n) is 9.26. The van der Waals surface area contributed by atoms with Crippen molar-refractivity contribution in [2.45, 2.75) is 0 Å². The molecule has 4 nitrogen and oxygen atoms in total. The molecule has 19 heavy (non-hydrogen) atoms. The Morgan fingerprint density at radius 3 is 0.895 bits per heavy atom. The molecule has 0 aliphatic carbocycles. The van der Waals surface area contributed by atoms with E-state index < -0.39 is 7.82 Å². The van der Waals surface area contributed by atoms with Crippen LogP contribution in [0.4, 0.5) is 0 Å². The van der Waals surface area contributed by atoms with Gasteiger partial charge in [0.25, 0.3) is 0 Å². The summed E-state index contributed by atoms with van der Waals surface area (Å²) in [6, 6.07) is 0. The smallest absolute Gasteiger partial charge is 2.00 e. The van der Waals surface area contributed by atoms with Crippen molar-refractivity contribution in [3.8, 4) is 0 Å². The zero-order chi connectivity index (χ0) is 15.1. The molecular formula is C4H4Cl7O4PZn3. The van der Waals surface area contributed by atoms with E-state index in [1.165, 1.54) is 0 Å². The Labute approximate surface area is 182 Å². The first kappa shape index (κ1) is 38.5. The molecule has 0 aromatic heterocycles. The number of hydrogen-bond acceptors (Lipinski definition) is 4. The minimum atomic E-state index is -5.39. The van der Waals surface area contributed by atoms with Crippen molar-refractivity contribution >= 4 is 87.1 Å². The molecule has 0 aromatic rings. The van der Waals surface area contributed by atoms with E-state index in [2.05, 4.69) is 0 Å². The van der Waals surface area contributed by atoms with Crippen LogP contribution < -0.4 is 14.7 Å². The summed E-state index contributed by atoms with van der Waals surface area (Å²) in [5.74, 6) is 0.451. The van der Waals surface area contributed by atoms with Crippen molar-refractivity contribution < 1.29 is 75.5 Å². The topological polar surface area (TPSA) is 86.2 Å². The summed E-state index contributed by atoms with van der Waals surface area (Å²) < 4.78 is 8.55. The van der Waals surface area contributed by atoms with E-state index in [0.29, 0.717) is 0 Å². The quantitative estimate of drug-likeness (QED) is 0.214. The Morgan fingerprint density at radius 2 is 0.895 bits per heavy atom. The number of rotatable bonds is 2. The molecule has 104 valence electrons. The summed E-state index contributed by atoms with van der Waals surface area (Å²) >= 11 is 31.0. The van der Waals surface area contributed by atoms with Crippen LogP contribution in [-0.2, 0) is 60.8 Å². The van der Waals surface area contributed by atoms with E-state index >= 15 is 0 Å². The fourth-order valence-corrected chi connectivity index (χ4v) is 0. The van der Waals surface area contributed by atoms with Gasteiger partial charge in [0.05, 0.1) is 0 Å². The fourth-order valence-electron chi connectivity index (χ4n) is 0. The van der Waals surface area contributed by atoms with Gasteiger partial charge in [-0.1, -0.05) is 11.8 Å². The van der Waals surface area contributed by atoms with E-state index in [-0.39, 0.29) is 60.4 Å². The average molecular weight is 591 g/mol. The third-order valence-corrected chi connectivity index (χ3v) is 1.82. The first-order valence-electron chi connectivity index (χ1n) is 3.00. The van der Waals surface area contributed by atoms with Gasteiger partial charge in [-0.3, -0.25) is 0 Å². The van der Waals surface area contributed by atoms with Gasteiger partial charge in [0.2, 0.25) is 0 Å². The standard InChI is InChI=1S/2C2H2Cl3.ClH.H3O4P.3Zn/c2*3-1-2(4)5;;1-5(2,3)4;;;/h2*1H2;1H;(H3,1,2,3,4);;;/q2*-1;;;3*+2/p-4. The van der Waals surface area contributed by atoms with Gasteiger partial charge in [-0.25, -0.2) is 0 Å². The molecule has 0 spiro atoms. The monoisotopic (exact) mass is 584 g/mol. The van der Waals surface area contributed by atoms with E-state index in [1.54, 1.807) is 0 Å². The van der Waals surface area contributed by atoms with Crippen LogP contribution in [0.3, 0.4) is 0 Å². The molecule has 0 rings (SSSR count). The summed E-state index contributed by atoms with van der Waals surface area (Å²) in [5, 5.41) is 0. The molecule has 0 radical (unpaired) electrons. The summed E-state index contributed by atoms with van der Waals surface area (Å²) in [6.07, 6.45) is 0. The van der Waals surface area contributed by atoms with Crippen molar-refractivity contribution in [1.29, 1.82) is 0 Å². The molecule has 0 aliphatic rings. The molecule has 15 heteroatoms. The maximum absolute atomic E-state index is 8.55. The molecule has 0 saturated heterocycles. The summed E-state index contributed by atoms with van der Waals surface area (Å²) in [4.78, 5) is 26.1. The number of alkyl halides is 2. The molecule has 0 atom stereocenters. The second kappa shape index (κ2) is 30.0. The molecule has 0 fully saturated rings. The van der Waals surface area contributed by atoms with Crippen LogP contribution in [0, 0.1) is 9.67 Å². The third-order valence-electron chi connectivity index (χ3n) is 0.202. The molecule has 0 heterocycles. The van der Waals surface area contributed by atoms with Crippen molar-refractivity contribution in [3.63, 3.8) is 0 Å². The van der Waals surface area contributed by atoms with E-state index in [0.717, 1.165) is 17.3 Å². The molecule has 0 unspecified atom stereocenters. The van der Waals surface area contributed by atoms with Crippen LogP contribution >= 0.6 is 87.1 Å². The molecule has 0 aliphatic heterocycles. The Balaban J connectivity index is -0.0000000298.